The van der Waals surface area contributed by atoms with Crippen LogP contribution in [0.15, 0.2) is 18.3 Å². The predicted molar refractivity (Wildman–Crippen MR) is 65.3 cm³/mol. The quantitative estimate of drug-likeness (QED) is 0.840. The number of hydrogen-bond donors (Lipinski definition) is 1. The fourth-order valence-electron chi connectivity index (χ4n) is 2.57. The average molecular weight is 216 g/mol. The minimum absolute atomic E-state index is 0.502. The summed E-state index contributed by atoms with van der Waals surface area (Å²) in [6.45, 7) is 3.54. The van der Waals surface area contributed by atoms with Crippen LogP contribution in [-0.4, -0.2) is 11.5 Å². The van der Waals surface area contributed by atoms with Crippen molar-refractivity contribution in [1.29, 1.82) is 0 Å². The third-order valence-corrected chi connectivity index (χ3v) is 4.07. The molecule has 0 spiro atoms. The summed E-state index contributed by atoms with van der Waals surface area (Å²) in [7, 11) is 0. The highest BCUT2D eigenvalue weighted by atomic mass is 15.0. The van der Waals surface area contributed by atoms with E-state index in [2.05, 4.69) is 29.4 Å². The molecule has 0 amide bonds. The molecule has 0 aromatic carbocycles. The molecule has 86 valence electrons. The van der Waals surface area contributed by atoms with E-state index in [1.807, 2.05) is 6.20 Å². The van der Waals surface area contributed by atoms with E-state index >= 15 is 0 Å². The number of hydrogen-bond acceptors (Lipinski definition) is 2. The molecule has 2 aliphatic carbocycles. The van der Waals surface area contributed by atoms with Crippen molar-refractivity contribution in [2.45, 2.75) is 45.1 Å². The van der Waals surface area contributed by atoms with Gasteiger partial charge in [0.15, 0.2) is 0 Å². The van der Waals surface area contributed by atoms with Gasteiger partial charge in [-0.05, 0) is 49.1 Å². The summed E-state index contributed by atoms with van der Waals surface area (Å²) in [4.78, 5) is 4.56. The van der Waals surface area contributed by atoms with E-state index in [1.54, 1.807) is 0 Å². The molecule has 16 heavy (non-hydrogen) atoms. The third kappa shape index (κ3) is 1.99. The van der Waals surface area contributed by atoms with Gasteiger partial charge in [-0.2, -0.15) is 0 Å². The van der Waals surface area contributed by atoms with E-state index in [0.717, 1.165) is 6.54 Å². The van der Waals surface area contributed by atoms with Crippen molar-refractivity contribution in [2.75, 3.05) is 6.54 Å². The summed E-state index contributed by atoms with van der Waals surface area (Å²) in [5.41, 5.74) is 3.34. The molecule has 1 N–H and O–H groups in total. The highest BCUT2D eigenvalue weighted by Crippen LogP contribution is 2.44. The second-order valence-corrected chi connectivity index (χ2v) is 5.68. The number of pyridine rings is 1. The van der Waals surface area contributed by atoms with Gasteiger partial charge in [0, 0.05) is 18.8 Å². The summed E-state index contributed by atoms with van der Waals surface area (Å²) in [6.07, 6.45) is 8.47. The third-order valence-electron chi connectivity index (χ3n) is 4.07. The molecular formula is C14H20N2. The summed E-state index contributed by atoms with van der Waals surface area (Å²) >= 11 is 0. The summed E-state index contributed by atoms with van der Waals surface area (Å²) in [5.74, 6) is 0. The molecule has 1 aromatic heterocycles. The SMILES string of the molecule is CC1(CNC2CCCc3cccnc32)CC1. The Labute approximate surface area is 97.5 Å². The smallest absolute Gasteiger partial charge is 0.0605 e. The van der Waals surface area contributed by atoms with Crippen LogP contribution >= 0.6 is 0 Å². The number of aromatic nitrogens is 1. The van der Waals surface area contributed by atoms with E-state index < -0.39 is 0 Å². The van der Waals surface area contributed by atoms with Gasteiger partial charge in [-0.3, -0.25) is 4.98 Å². The first-order valence-electron chi connectivity index (χ1n) is 6.44. The monoisotopic (exact) mass is 216 g/mol. The molecule has 0 saturated heterocycles. The molecule has 3 rings (SSSR count). The van der Waals surface area contributed by atoms with Crippen molar-refractivity contribution in [1.82, 2.24) is 10.3 Å². The molecule has 1 heterocycles. The number of nitrogens with one attached hydrogen (secondary N) is 1. The van der Waals surface area contributed by atoms with Crippen molar-refractivity contribution < 1.29 is 0 Å². The minimum Gasteiger partial charge on any atom is -0.308 e. The zero-order valence-corrected chi connectivity index (χ0v) is 10.00. The predicted octanol–water partition coefficient (Wildman–Crippen LogP) is 2.85. The van der Waals surface area contributed by atoms with Crippen LogP contribution in [0.4, 0.5) is 0 Å². The molecule has 1 fully saturated rings. The van der Waals surface area contributed by atoms with E-state index in [9.17, 15) is 0 Å². The maximum absolute atomic E-state index is 4.56. The van der Waals surface area contributed by atoms with Crippen LogP contribution in [0, 0.1) is 5.41 Å². The van der Waals surface area contributed by atoms with Crippen LogP contribution in [0.3, 0.4) is 0 Å². The number of rotatable bonds is 3. The first-order valence-corrected chi connectivity index (χ1v) is 6.44. The Hall–Kier alpha value is -0.890. The fourth-order valence-corrected chi connectivity index (χ4v) is 2.57. The fraction of sp³-hybridized carbons (Fsp3) is 0.643. The zero-order chi connectivity index (χ0) is 11.0. The number of fused-ring (bicyclic) bond motifs is 1. The van der Waals surface area contributed by atoms with Gasteiger partial charge >= 0.3 is 0 Å². The molecule has 2 aliphatic rings. The van der Waals surface area contributed by atoms with Crippen LogP contribution in [0.1, 0.15) is 49.9 Å². The Balaban J connectivity index is 1.71. The van der Waals surface area contributed by atoms with Gasteiger partial charge in [-0.1, -0.05) is 13.0 Å². The van der Waals surface area contributed by atoms with Crippen molar-refractivity contribution in [2.24, 2.45) is 5.41 Å². The normalized spacial score (nSPS) is 26.2. The first-order chi connectivity index (χ1) is 7.77. The molecule has 0 radical (unpaired) electrons. The molecular weight excluding hydrogens is 196 g/mol. The molecule has 1 saturated carbocycles. The van der Waals surface area contributed by atoms with Crippen molar-refractivity contribution in [3.63, 3.8) is 0 Å². The highest BCUT2D eigenvalue weighted by Gasteiger charge is 2.37. The lowest BCUT2D eigenvalue weighted by atomic mass is 9.91. The minimum atomic E-state index is 0.502. The summed E-state index contributed by atoms with van der Waals surface area (Å²) in [5, 5.41) is 3.72. The van der Waals surface area contributed by atoms with Crippen LogP contribution in [0.25, 0.3) is 0 Å². The van der Waals surface area contributed by atoms with Gasteiger partial charge in [0.25, 0.3) is 0 Å². The van der Waals surface area contributed by atoms with Gasteiger partial charge in [0.05, 0.1) is 5.69 Å². The Morgan fingerprint density at radius 3 is 3.19 bits per heavy atom. The van der Waals surface area contributed by atoms with E-state index in [-0.39, 0.29) is 0 Å². The molecule has 1 aromatic rings. The van der Waals surface area contributed by atoms with Crippen molar-refractivity contribution in [3.8, 4) is 0 Å². The van der Waals surface area contributed by atoms with Crippen LogP contribution in [-0.2, 0) is 6.42 Å². The van der Waals surface area contributed by atoms with Gasteiger partial charge < -0.3 is 5.32 Å². The van der Waals surface area contributed by atoms with E-state index in [1.165, 1.54) is 43.4 Å². The molecule has 1 unspecified atom stereocenters. The summed E-state index contributed by atoms with van der Waals surface area (Å²) < 4.78 is 0. The van der Waals surface area contributed by atoms with E-state index in [0.29, 0.717) is 11.5 Å². The largest absolute Gasteiger partial charge is 0.308 e. The lowest BCUT2D eigenvalue weighted by molar-refractivity contribution is 0.397. The van der Waals surface area contributed by atoms with Crippen molar-refractivity contribution in [3.05, 3.63) is 29.6 Å². The van der Waals surface area contributed by atoms with Crippen LogP contribution in [0.2, 0.25) is 0 Å². The molecule has 0 bridgehead atoms. The standard InChI is InChI=1S/C14H20N2/c1-14(7-8-14)10-16-12-6-2-4-11-5-3-9-15-13(11)12/h3,5,9,12,16H,2,4,6-8,10H2,1H3. The second kappa shape index (κ2) is 3.85. The number of nitrogens with zero attached hydrogens (tertiary/aromatic N) is 1. The van der Waals surface area contributed by atoms with Crippen molar-refractivity contribution >= 4 is 0 Å². The topological polar surface area (TPSA) is 24.9 Å². The zero-order valence-electron chi connectivity index (χ0n) is 10.00. The Morgan fingerprint density at radius 2 is 2.38 bits per heavy atom. The second-order valence-electron chi connectivity index (χ2n) is 5.68. The highest BCUT2D eigenvalue weighted by molar-refractivity contribution is 5.25. The van der Waals surface area contributed by atoms with Crippen LogP contribution in [0.5, 0.6) is 0 Å². The lowest BCUT2D eigenvalue weighted by Gasteiger charge is -2.26. The Morgan fingerprint density at radius 1 is 1.50 bits per heavy atom. The molecule has 2 nitrogen and oxygen atoms in total. The van der Waals surface area contributed by atoms with Gasteiger partial charge in [0.2, 0.25) is 0 Å². The summed E-state index contributed by atoms with van der Waals surface area (Å²) in [6, 6.07) is 4.79. The number of aryl methyl sites for hydroxylation is 1. The van der Waals surface area contributed by atoms with E-state index in [4.69, 9.17) is 0 Å². The first kappa shape index (κ1) is 10.3. The van der Waals surface area contributed by atoms with Gasteiger partial charge in [0.1, 0.15) is 0 Å². The molecule has 0 aliphatic heterocycles. The van der Waals surface area contributed by atoms with Crippen LogP contribution < -0.4 is 5.32 Å². The molecule has 1 atom stereocenters. The average Bonchev–Trinajstić information content (AvgIpc) is 3.05. The maximum Gasteiger partial charge on any atom is 0.0605 e. The Kier molecular flexibility index (Phi) is 2.47. The Bertz CT molecular complexity index is 382. The lowest BCUT2D eigenvalue weighted by Crippen LogP contribution is -2.30. The van der Waals surface area contributed by atoms with Gasteiger partial charge in [-0.25, -0.2) is 0 Å². The van der Waals surface area contributed by atoms with Gasteiger partial charge in [-0.15, -0.1) is 0 Å². The maximum atomic E-state index is 4.56. The molecule has 2 heteroatoms.